The number of halogens is 1. The summed E-state index contributed by atoms with van der Waals surface area (Å²) in [5, 5.41) is 8.40. The first-order valence-corrected chi connectivity index (χ1v) is 12.7. The van der Waals surface area contributed by atoms with E-state index in [2.05, 4.69) is 10.5 Å². The van der Waals surface area contributed by atoms with Gasteiger partial charge in [0.15, 0.2) is 5.69 Å². The monoisotopic (exact) mass is 480 g/mol. The van der Waals surface area contributed by atoms with Gasteiger partial charge in [-0.05, 0) is 63.2 Å². The van der Waals surface area contributed by atoms with E-state index in [0.717, 1.165) is 48.4 Å². The van der Waals surface area contributed by atoms with Crippen molar-refractivity contribution in [2.24, 2.45) is 0 Å². The first-order chi connectivity index (χ1) is 16.5. The molecule has 1 aromatic carbocycles. The summed E-state index contributed by atoms with van der Waals surface area (Å²) >= 11 is 6.76. The largest absolute Gasteiger partial charge is 0.378 e. The molecule has 2 amide bonds. The van der Waals surface area contributed by atoms with Crippen molar-refractivity contribution in [3.05, 3.63) is 52.4 Å². The van der Waals surface area contributed by atoms with Gasteiger partial charge in [0.05, 0.1) is 17.1 Å². The molecular formula is C26H29ClN4O3. The summed E-state index contributed by atoms with van der Waals surface area (Å²) in [6.07, 6.45) is 7.33. The van der Waals surface area contributed by atoms with E-state index < -0.39 is 0 Å². The molecule has 6 rings (SSSR count). The summed E-state index contributed by atoms with van der Waals surface area (Å²) in [4.78, 5) is 30.6. The van der Waals surface area contributed by atoms with Gasteiger partial charge in [-0.3, -0.25) is 9.59 Å². The minimum absolute atomic E-state index is 0.00103. The van der Waals surface area contributed by atoms with Gasteiger partial charge in [-0.25, -0.2) is 0 Å². The molecule has 0 radical (unpaired) electrons. The lowest BCUT2D eigenvalue weighted by atomic mass is 9.85. The van der Waals surface area contributed by atoms with E-state index in [1.54, 1.807) is 13.0 Å². The fourth-order valence-electron chi connectivity index (χ4n) is 6.17. The third kappa shape index (κ3) is 3.61. The average molecular weight is 481 g/mol. The zero-order valence-electron chi connectivity index (χ0n) is 19.3. The Hall–Kier alpha value is -2.80. The maximum Gasteiger partial charge on any atom is 0.276 e. The van der Waals surface area contributed by atoms with Gasteiger partial charge in [-0.2, -0.15) is 0 Å². The third-order valence-electron chi connectivity index (χ3n) is 7.82. The van der Waals surface area contributed by atoms with Crippen molar-refractivity contribution in [1.82, 2.24) is 15.0 Å². The number of likely N-dealkylation sites (tertiary alicyclic amines) is 1. The maximum atomic E-state index is 13.6. The highest BCUT2D eigenvalue weighted by Gasteiger charge is 2.42. The number of aryl methyl sites for hydroxylation is 1. The third-order valence-corrected chi connectivity index (χ3v) is 8.26. The van der Waals surface area contributed by atoms with Crippen LogP contribution in [-0.2, 0) is 0 Å². The zero-order chi connectivity index (χ0) is 23.4. The van der Waals surface area contributed by atoms with Crippen LogP contribution in [0.5, 0.6) is 0 Å². The molecule has 8 heteroatoms. The van der Waals surface area contributed by atoms with Gasteiger partial charge < -0.3 is 19.6 Å². The molecule has 1 aromatic heterocycles. The van der Waals surface area contributed by atoms with E-state index in [0.29, 0.717) is 30.1 Å². The van der Waals surface area contributed by atoms with Gasteiger partial charge in [-0.1, -0.05) is 29.2 Å². The number of carbonyl (C=O) groups is 2. The number of anilines is 1. The number of nitrogens with zero attached hydrogens (tertiary/aromatic N) is 3. The van der Waals surface area contributed by atoms with Crippen LogP contribution in [0.2, 0.25) is 0 Å². The molecule has 3 unspecified atom stereocenters. The van der Waals surface area contributed by atoms with Gasteiger partial charge in [0.25, 0.3) is 11.8 Å². The molecule has 4 aliphatic rings. The number of fused-ring (bicyclic) bond motifs is 4. The van der Waals surface area contributed by atoms with Gasteiger partial charge in [0, 0.05) is 42.0 Å². The van der Waals surface area contributed by atoms with Gasteiger partial charge in [0.1, 0.15) is 5.76 Å². The van der Waals surface area contributed by atoms with E-state index in [9.17, 15) is 9.59 Å². The molecule has 7 nitrogen and oxygen atoms in total. The van der Waals surface area contributed by atoms with Crippen LogP contribution in [0, 0.1) is 6.92 Å². The number of piperazine rings is 1. The number of hydrogen-bond donors (Lipinski definition) is 1. The highest BCUT2D eigenvalue weighted by molar-refractivity contribution is 6.50. The Labute approximate surface area is 204 Å². The predicted octanol–water partition coefficient (Wildman–Crippen LogP) is 4.82. The van der Waals surface area contributed by atoms with Crippen LogP contribution in [0.15, 0.2) is 34.4 Å². The minimum atomic E-state index is -0.0960. The van der Waals surface area contributed by atoms with Gasteiger partial charge in [-0.15, -0.1) is 0 Å². The lowest BCUT2D eigenvalue weighted by molar-refractivity contribution is 0.000459. The van der Waals surface area contributed by atoms with Crippen LogP contribution in [0.1, 0.15) is 77.1 Å². The highest BCUT2D eigenvalue weighted by atomic mass is 35.5. The summed E-state index contributed by atoms with van der Waals surface area (Å²) < 4.78 is 5.12. The highest BCUT2D eigenvalue weighted by Crippen LogP contribution is 2.42. The Morgan fingerprint density at radius 2 is 1.85 bits per heavy atom. The number of amides is 2. The SMILES string of the molecule is Cc1cc(C(=O)N2C3CCCC2CN(C(=O)c2ccc4c(c2)NC2CCCCC2=C4Cl)C3)no1. The normalized spacial score (nSPS) is 26.0. The number of hydrogen-bond acceptors (Lipinski definition) is 5. The van der Waals surface area contributed by atoms with Crippen molar-refractivity contribution < 1.29 is 14.1 Å². The molecule has 178 valence electrons. The molecule has 1 N–H and O–H groups in total. The Morgan fingerprint density at radius 1 is 1.06 bits per heavy atom. The number of aromatic nitrogens is 1. The first kappa shape index (κ1) is 21.7. The Balaban J connectivity index is 1.23. The fourth-order valence-corrected chi connectivity index (χ4v) is 6.56. The predicted molar refractivity (Wildman–Crippen MR) is 130 cm³/mol. The van der Waals surface area contributed by atoms with Crippen molar-refractivity contribution in [1.29, 1.82) is 0 Å². The zero-order valence-corrected chi connectivity index (χ0v) is 20.1. The van der Waals surface area contributed by atoms with Crippen molar-refractivity contribution in [2.75, 3.05) is 18.4 Å². The molecule has 3 fully saturated rings. The fraction of sp³-hybridized carbons (Fsp3) is 0.500. The van der Waals surface area contributed by atoms with Crippen molar-refractivity contribution in [2.45, 2.75) is 70.0 Å². The van der Waals surface area contributed by atoms with Crippen LogP contribution in [0.25, 0.3) is 5.03 Å². The molecule has 1 saturated carbocycles. The van der Waals surface area contributed by atoms with Crippen molar-refractivity contribution in [3.63, 3.8) is 0 Å². The number of carbonyl (C=O) groups excluding carboxylic acids is 2. The standard InChI is InChI=1S/C26H29ClN4O3/c1-15-11-23(29-34-15)26(33)31-17-5-4-6-18(31)14-30(13-17)25(32)16-9-10-20-22(12-16)28-21-8-3-2-7-19(21)24(20)27/h9-12,17-18,21,28H,2-8,13-14H2,1H3. The second kappa shape index (κ2) is 8.45. The summed E-state index contributed by atoms with van der Waals surface area (Å²) in [6.45, 7) is 2.86. The van der Waals surface area contributed by atoms with Crippen molar-refractivity contribution >= 4 is 34.1 Å². The molecule has 3 atom stereocenters. The Kier molecular flexibility index (Phi) is 5.40. The molecule has 1 aliphatic carbocycles. The van der Waals surface area contributed by atoms with Crippen LogP contribution < -0.4 is 5.32 Å². The molecule has 3 aliphatic heterocycles. The summed E-state index contributed by atoms with van der Waals surface area (Å²) in [7, 11) is 0. The average Bonchev–Trinajstić information content (AvgIpc) is 3.28. The van der Waals surface area contributed by atoms with Crippen LogP contribution in [0.3, 0.4) is 0 Å². The summed E-state index contributed by atoms with van der Waals surface area (Å²) in [5.41, 5.74) is 4.25. The molecule has 0 spiro atoms. The van der Waals surface area contributed by atoms with Gasteiger partial charge in [0.2, 0.25) is 0 Å². The number of rotatable bonds is 2. The van der Waals surface area contributed by atoms with Crippen LogP contribution >= 0.6 is 11.6 Å². The lowest BCUT2D eigenvalue weighted by Gasteiger charge is -2.49. The molecule has 34 heavy (non-hydrogen) atoms. The van der Waals surface area contributed by atoms with E-state index in [1.165, 1.54) is 18.4 Å². The molecule has 2 saturated heterocycles. The summed E-state index contributed by atoms with van der Waals surface area (Å²) in [6, 6.07) is 7.78. The van der Waals surface area contributed by atoms with Crippen LogP contribution in [0.4, 0.5) is 5.69 Å². The minimum Gasteiger partial charge on any atom is -0.378 e. The van der Waals surface area contributed by atoms with E-state index >= 15 is 0 Å². The number of piperidine rings is 1. The maximum absolute atomic E-state index is 13.6. The topological polar surface area (TPSA) is 78.7 Å². The Morgan fingerprint density at radius 3 is 2.59 bits per heavy atom. The quantitative estimate of drug-likeness (QED) is 0.666. The van der Waals surface area contributed by atoms with E-state index in [-0.39, 0.29) is 29.9 Å². The molecule has 4 heterocycles. The number of benzene rings is 1. The molecule has 2 bridgehead atoms. The summed E-state index contributed by atoms with van der Waals surface area (Å²) in [5.74, 6) is 0.542. The molecular weight excluding hydrogens is 452 g/mol. The second-order valence-corrected chi connectivity index (χ2v) is 10.4. The lowest BCUT2D eigenvalue weighted by Crippen LogP contribution is -2.63. The van der Waals surface area contributed by atoms with Crippen molar-refractivity contribution in [3.8, 4) is 0 Å². The van der Waals surface area contributed by atoms with Gasteiger partial charge >= 0.3 is 0 Å². The van der Waals surface area contributed by atoms with E-state index in [1.807, 2.05) is 28.0 Å². The smallest absolute Gasteiger partial charge is 0.276 e. The second-order valence-electron chi connectivity index (χ2n) is 10.0. The number of nitrogens with one attached hydrogen (secondary N) is 1. The molecule has 2 aromatic rings. The van der Waals surface area contributed by atoms with E-state index in [4.69, 9.17) is 16.1 Å². The first-order valence-electron chi connectivity index (χ1n) is 12.3. The Bertz CT molecular complexity index is 1170. The van der Waals surface area contributed by atoms with Crippen LogP contribution in [-0.4, -0.2) is 58.0 Å².